The van der Waals surface area contributed by atoms with Crippen LogP contribution >= 0.6 is 0 Å². The van der Waals surface area contributed by atoms with Gasteiger partial charge >= 0.3 is 0 Å². The molecule has 5 heteroatoms. The first kappa shape index (κ1) is 35.5. The van der Waals surface area contributed by atoms with Crippen LogP contribution in [0.4, 0.5) is 0 Å². The number of nitrogens with one attached hydrogen (secondary N) is 1. The number of nitrogens with zero attached hydrogens (tertiary/aromatic N) is 1. The van der Waals surface area contributed by atoms with Crippen LogP contribution in [0.1, 0.15) is 136 Å². The van der Waals surface area contributed by atoms with Crippen molar-refractivity contribution in [2.24, 2.45) is 56.7 Å². The number of amides is 1. The van der Waals surface area contributed by atoms with E-state index in [0.717, 1.165) is 63.7 Å². The molecule has 5 fully saturated rings. The summed E-state index contributed by atoms with van der Waals surface area (Å²) >= 11 is 0. The van der Waals surface area contributed by atoms with Crippen molar-refractivity contribution in [1.82, 2.24) is 10.2 Å². The lowest BCUT2D eigenvalue weighted by atomic mass is 9.32. The minimum absolute atomic E-state index is 0.0530. The second-order valence-electron chi connectivity index (χ2n) is 19.1. The molecule has 49 heavy (non-hydrogen) atoms. The Kier molecular flexibility index (Phi) is 9.13. The number of fused-ring (bicyclic) bond motifs is 7. The van der Waals surface area contributed by atoms with E-state index in [2.05, 4.69) is 76.5 Å². The maximum absolute atomic E-state index is 12.1. The Labute approximate surface area is 297 Å². The fourth-order valence-electron chi connectivity index (χ4n) is 14.2. The lowest BCUT2D eigenvalue weighted by Gasteiger charge is -2.72. The van der Waals surface area contributed by atoms with Crippen LogP contribution in [0.25, 0.3) is 5.57 Å². The number of hydrogen-bond acceptors (Lipinski definition) is 4. The topological polar surface area (TPSA) is 72.8 Å². The fraction of sp³-hybridized carbons (Fsp3) is 0.750. The van der Waals surface area contributed by atoms with Gasteiger partial charge in [0.15, 0.2) is 6.29 Å². The van der Waals surface area contributed by atoms with Gasteiger partial charge in [-0.15, -0.1) is 0 Å². The van der Waals surface area contributed by atoms with E-state index in [1.807, 2.05) is 12.1 Å². The summed E-state index contributed by atoms with van der Waals surface area (Å²) < 4.78 is 0. The minimum atomic E-state index is -1.42. The van der Waals surface area contributed by atoms with Crippen molar-refractivity contribution in [2.45, 2.75) is 125 Å². The quantitative estimate of drug-likeness (QED) is 0.139. The molecule has 0 bridgehead atoms. The van der Waals surface area contributed by atoms with Crippen molar-refractivity contribution in [3.05, 3.63) is 53.6 Å². The number of hydrogen-bond donors (Lipinski definition) is 3. The summed E-state index contributed by atoms with van der Waals surface area (Å²) in [6.45, 7) is 24.1. The number of rotatable bonds is 9. The van der Waals surface area contributed by atoms with Crippen LogP contribution in [-0.4, -0.2) is 47.2 Å². The number of carbonyl (C=O) groups excluding carboxylic acids is 1. The van der Waals surface area contributed by atoms with E-state index in [-0.39, 0.29) is 10.8 Å². The van der Waals surface area contributed by atoms with E-state index in [4.69, 9.17) is 0 Å². The minimum Gasteiger partial charge on any atom is -0.364 e. The Hall–Kier alpha value is -1.95. The van der Waals surface area contributed by atoms with E-state index in [1.54, 1.807) is 0 Å². The summed E-state index contributed by atoms with van der Waals surface area (Å²) in [6.07, 6.45) is 15.7. The maximum Gasteiger partial charge on any atom is 0.222 e. The largest absolute Gasteiger partial charge is 0.364 e. The first-order valence-electron chi connectivity index (χ1n) is 20.0. The van der Waals surface area contributed by atoms with Crippen LogP contribution in [0.5, 0.6) is 0 Å². The normalized spacial score (nSPS) is 41.2. The average molecular weight is 671 g/mol. The van der Waals surface area contributed by atoms with Crippen molar-refractivity contribution in [3.63, 3.8) is 0 Å². The molecule has 1 aromatic carbocycles. The van der Waals surface area contributed by atoms with Crippen molar-refractivity contribution in [2.75, 3.05) is 26.2 Å². The van der Waals surface area contributed by atoms with Gasteiger partial charge in [-0.25, -0.2) is 0 Å². The summed E-state index contributed by atoms with van der Waals surface area (Å²) in [6, 6.07) is 7.95. The lowest BCUT2D eigenvalue weighted by Crippen LogP contribution is -2.65. The molecular formula is C44H66N2O3. The predicted octanol–water partition coefficient (Wildman–Crippen LogP) is 8.92. The van der Waals surface area contributed by atoms with E-state index in [1.165, 1.54) is 68.1 Å². The number of likely N-dealkylation sites (tertiary alicyclic amines) is 1. The molecule has 9 unspecified atom stereocenters. The van der Waals surface area contributed by atoms with Crippen LogP contribution in [0, 0.1) is 56.7 Å². The molecule has 6 aliphatic rings. The molecule has 1 amide bonds. The SMILES string of the molecule is C=C(C)C1CCC2(CNCCCN3CCCC3=O)CCC3(C)C(CCC4C5(C)CC=C(c6ccc(C(O)O)cc6)C(C)(C)C5CCC43C)C12. The fourth-order valence-corrected chi connectivity index (χ4v) is 14.2. The molecule has 4 saturated carbocycles. The molecule has 0 aromatic heterocycles. The second kappa shape index (κ2) is 12.6. The third-order valence-corrected chi connectivity index (χ3v) is 16.8. The molecule has 1 saturated heterocycles. The van der Waals surface area contributed by atoms with E-state index in [0.29, 0.717) is 45.5 Å². The Balaban J connectivity index is 1.12. The number of aliphatic hydroxyl groups is 2. The van der Waals surface area contributed by atoms with Crippen LogP contribution in [0.15, 0.2) is 42.5 Å². The average Bonchev–Trinajstić information content (AvgIpc) is 3.64. The highest BCUT2D eigenvalue weighted by Crippen LogP contribution is 2.77. The van der Waals surface area contributed by atoms with Crippen molar-refractivity contribution in [1.29, 1.82) is 0 Å². The van der Waals surface area contributed by atoms with Gasteiger partial charge in [0, 0.05) is 31.6 Å². The number of aliphatic hydroxyl groups excluding tert-OH is 1. The van der Waals surface area contributed by atoms with E-state index < -0.39 is 6.29 Å². The molecule has 5 nitrogen and oxygen atoms in total. The second-order valence-corrected chi connectivity index (χ2v) is 19.1. The first-order chi connectivity index (χ1) is 23.2. The Bertz CT molecular complexity index is 1460. The standard InChI is InChI=1S/C44H66N2O3/c1-29(2)32-17-22-44(28-45-25-9-27-46-26-8-10-37(46)47)24-23-42(6)34(38(32)44)15-16-36-41(5)20-18-33(30-11-13-31(14-12-30)39(48)49)40(3,4)35(41)19-21-43(36,42)7/h11-14,18,32,34-36,38-39,45,48-49H,1,8-10,15-17,19-28H2,2-7H3. The highest BCUT2D eigenvalue weighted by Gasteiger charge is 2.70. The number of carbonyl (C=O) groups is 1. The molecule has 9 atom stereocenters. The van der Waals surface area contributed by atoms with Gasteiger partial charge in [0.2, 0.25) is 5.91 Å². The Morgan fingerprint density at radius 3 is 2.39 bits per heavy atom. The van der Waals surface area contributed by atoms with Gasteiger partial charge in [-0.05, 0) is 152 Å². The Morgan fingerprint density at radius 1 is 0.959 bits per heavy atom. The van der Waals surface area contributed by atoms with Gasteiger partial charge in [0.05, 0.1) is 0 Å². The zero-order chi connectivity index (χ0) is 35.0. The third kappa shape index (κ3) is 5.45. The van der Waals surface area contributed by atoms with Gasteiger partial charge in [0.25, 0.3) is 0 Å². The highest BCUT2D eigenvalue weighted by molar-refractivity contribution is 5.78. The molecule has 0 spiro atoms. The van der Waals surface area contributed by atoms with Crippen LogP contribution in [0.3, 0.4) is 0 Å². The molecule has 1 heterocycles. The summed E-state index contributed by atoms with van der Waals surface area (Å²) in [5.41, 5.74) is 5.99. The zero-order valence-corrected chi connectivity index (χ0v) is 31.6. The van der Waals surface area contributed by atoms with Crippen molar-refractivity contribution >= 4 is 11.5 Å². The van der Waals surface area contributed by atoms with Gasteiger partial charge in [-0.1, -0.05) is 77.1 Å². The lowest BCUT2D eigenvalue weighted by molar-refractivity contribution is -0.225. The summed E-state index contributed by atoms with van der Waals surface area (Å²) in [5, 5.41) is 23.3. The zero-order valence-electron chi connectivity index (χ0n) is 31.6. The summed E-state index contributed by atoms with van der Waals surface area (Å²) in [4.78, 5) is 14.2. The van der Waals surface area contributed by atoms with Gasteiger partial charge in [0.1, 0.15) is 0 Å². The molecule has 1 aliphatic heterocycles. The first-order valence-corrected chi connectivity index (χ1v) is 20.0. The molecule has 0 radical (unpaired) electrons. The van der Waals surface area contributed by atoms with E-state index >= 15 is 0 Å². The third-order valence-electron chi connectivity index (χ3n) is 16.8. The molecule has 7 rings (SSSR count). The molecule has 5 aliphatic carbocycles. The smallest absolute Gasteiger partial charge is 0.222 e. The van der Waals surface area contributed by atoms with Gasteiger partial charge in [-0.3, -0.25) is 4.79 Å². The summed E-state index contributed by atoms with van der Waals surface area (Å²) in [5.74, 6) is 3.79. The predicted molar refractivity (Wildman–Crippen MR) is 199 cm³/mol. The molecule has 3 N–H and O–H groups in total. The van der Waals surface area contributed by atoms with Crippen LogP contribution in [0.2, 0.25) is 0 Å². The molecule has 1 aromatic rings. The van der Waals surface area contributed by atoms with Crippen molar-refractivity contribution < 1.29 is 15.0 Å². The highest BCUT2D eigenvalue weighted by atomic mass is 16.5. The molecular weight excluding hydrogens is 604 g/mol. The van der Waals surface area contributed by atoms with Gasteiger partial charge in [-0.2, -0.15) is 0 Å². The molecule has 270 valence electrons. The Morgan fingerprint density at radius 2 is 1.71 bits per heavy atom. The number of allylic oxidation sites excluding steroid dienone is 3. The van der Waals surface area contributed by atoms with Gasteiger partial charge < -0.3 is 20.4 Å². The van der Waals surface area contributed by atoms with Crippen molar-refractivity contribution in [3.8, 4) is 0 Å². The maximum atomic E-state index is 12.1. The van der Waals surface area contributed by atoms with Crippen LogP contribution in [-0.2, 0) is 4.79 Å². The summed E-state index contributed by atoms with van der Waals surface area (Å²) in [7, 11) is 0. The number of benzene rings is 1. The van der Waals surface area contributed by atoms with Crippen LogP contribution < -0.4 is 5.32 Å². The monoisotopic (exact) mass is 671 g/mol. The van der Waals surface area contributed by atoms with E-state index in [9.17, 15) is 15.0 Å².